The van der Waals surface area contributed by atoms with Gasteiger partial charge in [0, 0.05) is 9.13 Å². The summed E-state index contributed by atoms with van der Waals surface area (Å²) in [7, 11) is 0. The summed E-state index contributed by atoms with van der Waals surface area (Å²) < 4.78 is 30.8. The average Bonchev–Trinajstić information content (AvgIpc) is 2.31. The molecule has 7 heteroatoms. The number of alkyl halides is 2. The monoisotopic (exact) mass is 366 g/mol. The molecular formula is C11H9F2IN2O2. The lowest BCUT2D eigenvalue weighted by atomic mass is 10.1. The minimum atomic E-state index is -2.84. The molecule has 0 unspecified atom stereocenters. The summed E-state index contributed by atoms with van der Waals surface area (Å²) in [5.41, 5.74) is -0.517. The number of nitriles is 1. The van der Waals surface area contributed by atoms with E-state index < -0.39 is 18.1 Å². The van der Waals surface area contributed by atoms with Crippen LogP contribution in [-0.4, -0.2) is 17.6 Å². The maximum Gasteiger partial charge on any atom is 0.310 e. The minimum absolute atomic E-state index is 0.0951. The van der Waals surface area contributed by atoms with Gasteiger partial charge in [-0.2, -0.15) is 5.26 Å². The molecule has 0 saturated heterocycles. The molecule has 96 valence electrons. The summed E-state index contributed by atoms with van der Waals surface area (Å²) >= 11 is 1.80. The first kappa shape index (κ1) is 14.8. The molecule has 0 N–H and O–H groups in total. The van der Waals surface area contributed by atoms with E-state index in [2.05, 4.69) is 4.98 Å². The van der Waals surface area contributed by atoms with E-state index in [1.54, 1.807) is 35.6 Å². The van der Waals surface area contributed by atoms with Crippen LogP contribution in [0.2, 0.25) is 0 Å². The van der Waals surface area contributed by atoms with Crippen LogP contribution >= 0.6 is 22.6 Å². The lowest BCUT2D eigenvalue weighted by Gasteiger charge is -2.10. The van der Waals surface area contributed by atoms with Gasteiger partial charge in [-0.3, -0.25) is 4.79 Å². The number of rotatable bonds is 4. The maximum absolute atomic E-state index is 12.8. The molecule has 0 amide bonds. The second-order valence-corrected chi connectivity index (χ2v) is 4.41. The van der Waals surface area contributed by atoms with Crippen LogP contribution in [0.25, 0.3) is 0 Å². The fourth-order valence-electron chi connectivity index (χ4n) is 1.33. The molecular weight excluding hydrogens is 357 g/mol. The van der Waals surface area contributed by atoms with Gasteiger partial charge in [0.25, 0.3) is 6.43 Å². The van der Waals surface area contributed by atoms with Gasteiger partial charge in [-0.1, -0.05) is 0 Å². The Balaban J connectivity index is 3.17. The molecule has 1 aromatic heterocycles. The highest BCUT2D eigenvalue weighted by atomic mass is 127. The molecule has 0 radical (unpaired) electrons. The number of aromatic nitrogens is 1. The summed E-state index contributed by atoms with van der Waals surface area (Å²) in [5.74, 6) is -0.594. The van der Waals surface area contributed by atoms with E-state index in [-0.39, 0.29) is 24.3 Å². The number of nitrogens with zero attached hydrogens (tertiary/aromatic N) is 2. The quantitative estimate of drug-likeness (QED) is 0.607. The molecule has 0 aromatic carbocycles. The van der Waals surface area contributed by atoms with Gasteiger partial charge in [0.1, 0.15) is 17.5 Å². The highest BCUT2D eigenvalue weighted by molar-refractivity contribution is 14.1. The second kappa shape index (κ2) is 6.58. The lowest BCUT2D eigenvalue weighted by molar-refractivity contribution is -0.142. The lowest BCUT2D eigenvalue weighted by Crippen LogP contribution is -2.12. The largest absolute Gasteiger partial charge is 0.466 e. The van der Waals surface area contributed by atoms with Crippen molar-refractivity contribution in [3.63, 3.8) is 0 Å². The predicted octanol–water partition coefficient (Wildman–Crippen LogP) is 2.60. The van der Waals surface area contributed by atoms with Gasteiger partial charge in [-0.15, -0.1) is 0 Å². The van der Waals surface area contributed by atoms with Crippen molar-refractivity contribution in [1.82, 2.24) is 4.98 Å². The second-order valence-electron chi connectivity index (χ2n) is 3.25. The van der Waals surface area contributed by atoms with Crippen LogP contribution in [0.5, 0.6) is 0 Å². The van der Waals surface area contributed by atoms with Crippen LogP contribution in [0.15, 0.2) is 6.07 Å². The number of halogens is 3. The van der Waals surface area contributed by atoms with Gasteiger partial charge >= 0.3 is 5.97 Å². The number of hydrogen-bond donors (Lipinski definition) is 0. The van der Waals surface area contributed by atoms with Gasteiger partial charge < -0.3 is 4.74 Å². The summed E-state index contributed by atoms with van der Waals surface area (Å²) in [6, 6.07) is 3.07. The Hall–Kier alpha value is -1.30. The molecule has 0 atom stereocenters. The fourth-order valence-corrected chi connectivity index (χ4v) is 2.09. The normalized spacial score (nSPS) is 10.2. The van der Waals surface area contributed by atoms with E-state index in [9.17, 15) is 13.6 Å². The maximum atomic E-state index is 12.8. The third kappa shape index (κ3) is 3.60. The van der Waals surface area contributed by atoms with Crippen LogP contribution in [0.4, 0.5) is 8.78 Å². The molecule has 0 fully saturated rings. The highest BCUT2D eigenvalue weighted by Gasteiger charge is 2.21. The van der Waals surface area contributed by atoms with Gasteiger partial charge in [-0.05, 0) is 35.6 Å². The summed E-state index contributed by atoms with van der Waals surface area (Å²) in [6.45, 7) is 1.82. The molecule has 0 aliphatic rings. The molecule has 1 rings (SSSR count). The molecule has 0 saturated carbocycles. The van der Waals surface area contributed by atoms with Crippen molar-refractivity contribution in [3.05, 3.63) is 26.6 Å². The summed E-state index contributed by atoms with van der Waals surface area (Å²) in [4.78, 5) is 14.9. The van der Waals surface area contributed by atoms with E-state index in [4.69, 9.17) is 10.00 Å². The van der Waals surface area contributed by atoms with E-state index >= 15 is 0 Å². The topological polar surface area (TPSA) is 63.0 Å². The van der Waals surface area contributed by atoms with Crippen LogP contribution in [0.3, 0.4) is 0 Å². The van der Waals surface area contributed by atoms with Crippen molar-refractivity contribution >= 4 is 28.6 Å². The number of carbonyl (C=O) groups excluding carboxylic acids is 1. The van der Waals surface area contributed by atoms with E-state index in [1.165, 1.54) is 6.07 Å². The van der Waals surface area contributed by atoms with Crippen molar-refractivity contribution in [3.8, 4) is 6.07 Å². The van der Waals surface area contributed by atoms with Crippen LogP contribution in [0, 0.1) is 14.9 Å². The van der Waals surface area contributed by atoms with E-state index in [1.807, 2.05) is 0 Å². The van der Waals surface area contributed by atoms with E-state index in [0.29, 0.717) is 3.57 Å². The number of hydrogen-bond acceptors (Lipinski definition) is 4. The molecule has 0 aliphatic carbocycles. The van der Waals surface area contributed by atoms with Crippen molar-refractivity contribution in [2.45, 2.75) is 19.8 Å². The SMILES string of the molecule is CCOC(=O)Cc1c(I)cc(C#N)nc1C(F)F. The molecule has 0 spiro atoms. The Morgan fingerprint density at radius 3 is 2.83 bits per heavy atom. The zero-order chi connectivity index (χ0) is 13.7. The Labute approximate surface area is 116 Å². The zero-order valence-electron chi connectivity index (χ0n) is 9.41. The standard InChI is InChI=1S/C11H9F2IN2O2/c1-2-18-9(17)4-7-8(14)3-6(5-15)16-10(7)11(12)13/h3,11H,2,4H2,1H3. The molecule has 1 aromatic rings. The van der Waals surface area contributed by atoms with Crippen LogP contribution < -0.4 is 0 Å². The molecule has 4 nitrogen and oxygen atoms in total. The Morgan fingerprint density at radius 1 is 1.67 bits per heavy atom. The van der Waals surface area contributed by atoms with Gasteiger partial charge in [-0.25, -0.2) is 13.8 Å². The highest BCUT2D eigenvalue weighted by Crippen LogP contribution is 2.26. The minimum Gasteiger partial charge on any atom is -0.466 e. The first-order valence-electron chi connectivity index (χ1n) is 5.02. The van der Waals surface area contributed by atoms with Gasteiger partial charge in [0.15, 0.2) is 0 Å². The number of carbonyl (C=O) groups is 1. The summed E-state index contributed by atoms with van der Waals surface area (Å²) in [5, 5.41) is 8.67. The van der Waals surface area contributed by atoms with Gasteiger partial charge in [0.05, 0.1) is 13.0 Å². The first-order valence-corrected chi connectivity index (χ1v) is 6.10. The molecule has 0 aliphatic heterocycles. The Kier molecular flexibility index (Phi) is 5.40. The number of ether oxygens (including phenoxy) is 1. The average molecular weight is 366 g/mol. The van der Waals surface area contributed by atoms with Crippen LogP contribution in [0.1, 0.15) is 30.3 Å². The third-order valence-electron chi connectivity index (χ3n) is 2.05. The van der Waals surface area contributed by atoms with Gasteiger partial charge in [0.2, 0.25) is 0 Å². The van der Waals surface area contributed by atoms with Crippen molar-refractivity contribution < 1.29 is 18.3 Å². The predicted molar refractivity (Wildman–Crippen MR) is 67.0 cm³/mol. The van der Waals surface area contributed by atoms with E-state index in [0.717, 1.165) is 0 Å². The smallest absolute Gasteiger partial charge is 0.310 e. The zero-order valence-corrected chi connectivity index (χ0v) is 11.6. The Bertz CT molecular complexity index is 501. The van der Waals surface area contributed by atoms with Crippen molar-refractivity contribution in [2.75, 3.05) is 6.61 Å². The molecule has 1 heterocycles. The Morgan fingerprint density at radius 2 is 2.33 bits per heavy atom. The first-order chi connectivity index (χ1) is 8.49. The fraction of sp³-hybridized carbons (Fsp3) is 0.364. The van der Waals surface area contributed by atoms with Crippen molar-refractivity contribution in [1.29, 1.82) is 5.26 Å². The van der Waals surface area contributed by atoms with Crippen LogP contribution in [-0.2, 0) is 16.0 Å². The number of pyridine rings is 1. The molecule has 18 heavy (non-hydrogen) atoms. The molecule has 0 bridgehead atoms. The summed E-state index contributed by atoms with van der Waals surface area (Å²) in [6.07, 6.45) is -3.11. The van der Waals surface area contributed by atoms with Crippen molar-refractivity contribution in [2.24, 2.45) is 0 Å². The number of esters is 1. The third-order valence-corrected chi connectivity index (χ3v) is 3.01.